The van der Waals surface area contributed by atoms with Crippen molar-refractivity contribution >= 4 is 28.6 Å². The SMILES string of the molecule is CCOS(=O)N1CCN(c2ccccc2Cl)CC1. The van der Waals surface area contributed by atoms with Crippen LogP contribution in [0.25, 0.3) is 0 Å². The molecule has 0 spiro atoms. The van der Waals surface area contributed by atoms with Crippen LogP contribution in [0.4, 0.5) is 5.69 Å². The fourth-order valence-electron chi connectivity index (χ4n) is 1.96. The van der Waals surface area contributed by atoms with Gasteiger partial charge < -0.3 is 4.90 Å². The predicted molar refractivity (Wildman–Crippen MR) is 75.0 cm³/mol. The average Bonchev–Trinajstić information content (AvgIpc) is 2.40. The molecule has 1 heterocycles. The minimum Gasteiger partial charge on any atom is -0.368 e. The predicted octanol–water partition coefficient (Wildman–Crippen LogP) is 2.08. The zero-order valence-electron chi connectivity index (χ0n) is 10.3. The van der Waals surface area contributed by atoms with Crippen LogP contribution in [-0.4, -0.2) is 41.3 Å². The molecule has 0 amide bonds. The fraction of sp³-hybridized carbons (Fsp3) is 0.500. The quantitative estimate of drug-likeness (QED) is 0.850. The van der Waals surface area contributed by atoms with E-state index in [1.807, 2.05) is 35.5 Å². The van der Waals surface area contributed by atoms with Crippen molar-refractivity contribution in [2.24, 2.45) is 0 Å². The van der Waals surface area contributed by atoms with E-state index in [9.17, 15) is 4.21 Å². The largest absolute Gasteiger partial charge is 0.368 e. The first-order valence-electron chi connectivity index (χ1n) is 6.02. The van der Waals surface area contributed by atoms with E-state index in [1.54, 1.807) is 0 Å². The van der Waals surface area contributed by atoms with Crippen molar-refractivity contribution in [2.45, 2.75) is 6.92 Å². The van der Waals surface area contributed by atoms with E-state index >= 15 is 0 Å². The van der Waals surface area contributed by atoms with Crippen molar-refractivity contribution in [3.63, 3.8) is 0 Å². The molecule has 1 aliphatic rings. The molecule has 0 aliphatic carbocycles. The molecule has 100 valence electrons. The van der Waals surface area contributed by atoms with Gasteiger partial charge in [-0.05, 0) is 19.1 Å². The number of hydrogen-bond donors (Lipinski definition) is 0. The second-order valence-electron chi connectivity index (χ2n) is 3.99. The third-order valence-corrected chi connectivity index (χ3v) is 4.40. The second kappa shape index (κ2) is 6.52. The molecule has 1 fully saturated rings. The van der Waals surface area contributed by atoms with Gasteiger partial charge in [-0.1, -0.05) is 23.7 Å². The number of benzene rings is 1. The van der Waals surface area contributed by atoms with Gasteiger partial charge >= 0.3 is 0 Å². The first-order chi connectivity index (χ1) is 8.72. The fourth-order valence-corrected chi connectivity index (χ4v) is 3.03. The van der Waals surface area contributed by atoms with Gasteiger partial charge in [0, 0.05) is 26.2 Å². The van der Waals surface area contributed by atoms with Crippen LogP contribution >= 0.6 is 11.6 Å². The zero-order valence-corrected chi connectivity index (χ0v) is 11.9. The van der Waals surface area contributed by atoms with E-state index in [1.165, 1.54) is 0 Å². The molecular weight excluding hydrogens is 272 g/mol. The highest BCUT2D eigenvalue weighted by Crippen LogP contribution is 2.26. The van der Waals surface area contributed by atoms with Gasteiger partial charge in [0.15, 0.2) is 0 Å². The highest BCUT2D eigenvalue weighted by molar-refractivity contribution is 7.77. The minimum absolute atomic E-state index is 0.470. The first-order valence-corrected chi connectivity index (χ1v) is 7.43. The molecule has 1 aliphatic heterocycles. The summed E-state index contributed by atoms with van der Waals surface area (Å²) >= 11 is 4.86. The van der Waals surface area contributed by atoms with Crippen molar-refractivity contribution in [3.8, 4) is 0 Å². The summed E-state index contributed by atoms with van der Waals surface area (Å²) in [6.07, 6.45) is 0. The van der Waals surface area contributed by atoms with Crippen LogP contribution in [-0.2, 0) is 15.4 Å². The van der Waals surface area contributed by atoms with E-state index in [0.717, 1.165) is 36.9 Å². The summed E-state index contributed by atoms with van der Waals surface area (Å²) in [5, 5.41) is 0.761. The topological polar surface area (TPSA) is 32.8 Å². The van der Waals surface area contributed by atoms with E-state index < -0.39 is 11.3 Å². The minimum atomic E-state index is -1.31. The van der Waals surface area contributed by atoms with E-state index in [2.05, 4.69) is 4.90 Å². The van der Waals surface area contributed by atoms with Crippen molar-refractivity contribution in [3.05, 3.63) is 29.3 Å². The molecule has 1 unspecified atom stereocenters. The summed E-state index contributed by atoms with van der Waals surface area (Å²) in [6.45, 7) is 5.37. The summed E-state index contributed by atoms with van der Waals surface area (Å²) in [5.74, 6) is 0. The number of rotatable bonds is 4. The van der Waals surface area contributed by atoms with Gasteiger partial charge in [0.25, 0.3) is 0 Å². The van der Waals surface area contributed by atoms with Gasteiger partial charge in [-0.25, -0.2) is 4.21 Å². The second-order valence-corrected chi connectivity index (χ2v) is 5.58. The van der Waals surface area contributed by atoms with Crippen LogP contribution in [0.1, 0.15) is 6.92 Å². The average molecular weight is 289 g/mol. The number of piperazine rings is 1. The zero-order chi connectivity index (χ0) is 13.0. The molecule has 0 radical (unpaired) electrons. The Hall–Kier alpha value is -0.620. The molecule has 1 aromatic carbocycles. The molecule has 1 saturated heterocycles. The van der Waals surface area contributed by atoms with Gasteiger partial charge in [-0.2, -0.15) is 4.31 Å². The number of halogens is 1. The summed E-state index contributed by atoms with van der Waals surface area (Å²) in [5.41, 5.74) is 1.04. The summed E-state index contributed by atoms with van der Waals surface area (Å²) < 4.78 is 18.6. The third-order valence-electron chi connectivity index (χ3n) is 2.86. The maximum absolute atomic E-state index is 11.7. The maximum Gasteiger partial charge on any atom is 0.237 e. The number of hydrogen-bond acceptors (Lipinski definition) is 3. The molecule has 1 aromatic rings. The Bertz CT molecular complexity index is 422. The lowest BCUT2D eigenvalue weighted by molar-refractivity contribution is 0.307. The maximum atomic E-state index is 11.7. The first kappa shape index (κ1) is 13.8. The Morgan fingerprint density at radius 2 is 1.94 bits per heavy atom. The lowest BCUT2D eigenvalue weighted by Crippen LogP contribution is -2.47. The van der Waals surface area contributed by atoms with Gasteiger partial charge in [0.2, 0.25) is 11.3 Å². The molecule has 0 saturated carbocycles. The van der Waals surface area contributed by atoms with Crippen molar-refractivity contribution in [1.82, 2.24) is 4.31 Å². The summed E-state index contributed by atoms with van der Waals surface area (Å²) in [4.78, 5) is 2.21. The highest BCUT2D eigenvalue weighted by Gasteiger charge is 2.22. The van der Waals surface area contributed by atoms with Crippen LogP contribution in [0.3, 0.4) is 0 Å². The highest BCUT2D eigenvalue weighted by atomic mass is 35.5. The Labute approximate surface area is 115 Å². The van der Waals surface area contributed by atoms with Crippen LogP contribution in [0.15, 0.2) is 24.3 Å². The van der Waals surface area contributed by atoms with Gasteiger partial charge in [-0.15, -0.1) is 0 Å². The molecular formula is C12H17ClN2O2S. The molecule has 0 bridgehead atoms. The van der Waals surface area contributed by atoms with Gasteiger partial charge in [0.05, 0.1) is 17.3 Å². The number of anilines is 1. The van der Waals surface area contributed by atoms with E-state index in [0.29, 0.717) is 6.61 Å². The number of para-hydroxylation sites is 1. The van der Waals surface area contributed by atoms with E-state index in [4.69, 9.17) is 15.8 Å². The van der Waals surface area contributed by atoms with Crippen LogP contribution in [0, 0.1) is 0 Å². The van der Waals surface area contributed by atoms with Gasteiger partial charge in [0.1, 0.15) is 0 Å². The lowest BCUT2D eigenvalue weighted by Gasteiger charge is -2.34. The molecule has 2 rings (SSSR count). The third kappa shape index (κ3) is 3.23. The molecule has 6 heteroatoms. The Balaban J connectivity index is 1.95. The van der Waals surface area contributed by atoms with Gasteiger partial charge in [-0.3, -0.25) is 4.18 Å². The van der Waals surface area contributed by atoms with Crippen LogP contribution in [0.5, 0.6) is 0 Å². The van der Waals surface area contributed by atoms with Crippen molar-refractivity contribution in [1.29, 1.82) is 0 Å². The smallest absolute Gasteiger partial charge is 0.237 e. The van der Waals surface area contributed by atoms with Crippen molar-refractivity contribution in [2.75, 3.05) is 37.7 Å². The van der Waals surface area contributed by atoms with Crippen LogP contribution < -0.4 is 4.90 Å². The van der Waals surface area contributed by atoms with Crippen LogP contribution in [0.2, 0.25) is 5.02 Å². The van der Waals surface area contributed by atoms with Crippen molar-refractivity contribution < 1.29 is 8.39 Å². The lowest BCUT2D eigenvalue weighted by atomic mass is 10.2. The Morgan fingerprint density at radius 1 is 1.28 bits per heavy atom. The molecule has 1 atom stereocenters. The summed E-state index contributed by atoms with van der Waals surface area (Å²) in [6, 6.07) is 7.80. The Morgan fingerprint density at radius 3 is 2.56 bits per heavy atom. The monoisotopic (exact) mass is 288 g/mol. The molecule has 0 aromatic heterocycles. The molecule has 4 nitrogen and oxygen atoms in total. The standard InChI is InChI=1S/C12H17ClN2O2S/c1-2-17-18(16)15-9-7-14(8-10-15)12-6-4-3-5-11(12)13/h3-6H,2,7-10H2,1H3. The molecule has 18 heavy (non-hydrogen) atoms. The normalized spacial score (nSPS) is 18.9. The Kier molecular flexibility index (Phi) is 5.00. The summed E-state index contributed by atoms with van der Waals surface area (Å²) in [7, 11) is 0. The number of nitrogens with zero attached hydrogens (tertiary/aromatic N) is 2. The molecule has 0 N–H and O–H groups in total. The van der Waals surface area contributed by atoms with E-state index in [-0.39, 0.29) is 0 Å².